The smallest absolute Gasteiger partial charge is 0.332 e. The second-order valence-electron chi connectivity index (χ2n) is 2.62. The Hall–Kier alpha value is -1.16. The molecule has 1 heterocycles. The lowest BCUT2D eigenvalue weighted by Gasteiger charge is -1.95. The van der Waals surface area contributed by atoms with Crippen molar-refractivity contribution in [3.63, 3.8) is 0 Å². The summed E-state index contributed by atoms with van der Waals surface area (Å²) < 4.78 is 10.8. The van der Waals surface area contributed by atoms with E-state index in [9.17, 15) is 4.57 Å². The molecule has 1 aromatic heterocycles. The monoisotopic (exact) mass is 198 g/mol. The summed E-state index contributed by atoms with van der Waals surface area (Å²) in [6, 6.07) is 6.92. The highest BCUT2D eigenvalue weighted by atomic mass is 31.2. The Bertz CT molecular complexity index is 454. The lowest BCUT2D eigenvalue weighted by atomic mass is 10.3. The highest BCUT2D eigenvalue weighted by Gasteiger charge is 2.21. The minimum Gasteiger partial charge on any atom is -0.332 e. The third-order valence-corrected chi connectivity index (χ3v) is 2.42. The average Bonchev–Trinajstić information content (AvgIpc) is 2.45. The van der Waals surface area contributed by atoms with E-state index in [2.05, 4.69) is 9.97 Å². The zero-order valence-corrected chi connectivity index (χ0v) is 7.40. The summed E-state index contributed by atoms with van der Waals surface area (Å²) in [7, 11) is -4.26. The molecule has 68 valence electrons. The Balaban J connectivity index is 2.69. The van der Waals surface area contributed by atoms with E-state index in [1.807, 2.05) is 0 Å². The fraction of sp³-hybridized carbons (Fsp3) is 0. The minimum atomic E-state index is -4.26. The van der Waals surface area contributed by atoms with Gasteiger partial charge < -0.3 is 14.8 Å². The molecule has 0 radical (unpaired) electrons. The van der Waals surface area contributed by atoms with Crippen molar-refractivity contribution in [3.05, 3.63) is 24.3 Å². The second-order valence-corrected chi connectivity index (χ2v) is 4.13. The van der Waals surface area contributed by atoms with Crippen LogP contribution in [0.15, 0.2) is 24.3 Å². The number of nitrogens with zero attached hydrogens (tertiary/aromatic N) is 1. The molecule has 0 spiro atoms. The van der Waals surface area contributed by atoms with E-state index in [1.54, 1.807) is 24.3 Å². The molecule has 3 N–H and O–H groups in total. The van der Waals surface area contributed by atoms with Gasteiger partial charge in [-0.05, 0) is 12.1 Å². The number of hydrogen-bond acceptors (Lipinski definition) is 2. The van der Waals surface area contributed by atoms with Gasteiger partial charge in [0.25, 0.3) is 0 Å². The SMILES string of the molecule is O=P(O)(O)c1nc2ccccc2[nH]1. The second kappa shape index (κ2) is 2.67. The van der Waals surface area contributed by atoms with Crippen LogP contribution in [0.2, 0.25) is 0 Å². The maximum atomic E-state index is 10.8. The van der Waals surface area contributed by atoms with Gasteiger partial charge in [-0.1, -0.05) is 12.1 Å². The van der Waals surface area contributed by atoms with Crippen LogP contribution in [0.3, 0.4) is 0 Å². The van der Waals surface area contributed by atoms with Crippen LogP contribution in [0.4, 0.5) is 0 Å². The van der Waals surface area contributed by atoms with E-state index >= 15 is 0 Å². The summed E-state index contributed by atoms with van der Waals surface area (Å²) in [4.78, 5) is 23.9. The van der Waals surface area contributed by atoms with E-state index in [0.29, 0.717) is 11.0 Å². The Morgan fingerprint density at radius 3 is 2.62 bits per heavy atom. The fourth-order valence-electron chi connectivity index (χ4n) is 1.08. The van der Waals surface area contributed by atoms with Gasteiger partial charge in [-0.3, -0.25) is 4.57 Å². The van der Waals surface area contributed by atoms with Crippen LogP contribution in [0.25, 0.3) is 11.0 Å². The molecule has 0 aliphatic carbocycles. The molecule has 0 saturated heterocycles. The predicted octanol–water partition coefficient (Wildman–Crippen LogP) is 0.366. The summed E-state index contributed by atoms with van der Waals surface area (Å²) in [6.07, 6.45) is 0. The Kier molecular flexibility index (Phi) is 1.73. The lowest BCUT2D eigenvalue weighted by molar-refractivity contribution is 0.385. The first-order valence-corrected chi connectivity index (χ1v) is 5.19. The molecular weight excluding hydrogens is 191 g/mol. The van der Waals surface area contributed by atoms with Crippen molar-refractivity contribution in [1.82, 2.24) is 9.97 Å². The van der Waals surface area contributed by atoms with Crippen molar-refractivity contribution in [3.8, 4) is 0 Å². The average molecular weight is 198 g/mol. The number of H-pyrrole nitrogens is 1. The van der Waals surface area contributed by atoms with Crippen LogP contribution in [-0.2, 0) is 4.57 Å². The van der Waals surface area contributed by atoms with Gasteiger partial charge in [-0.2, -0.15) is 0 Å². The van der Waals surface area contributed by atoms with Crippen LogP contribution in [0, 0.1) is 0 Å². The van der Waals surface area contributed by atoms with Crippen LogP contribution in [0.1, 0.15) is 0 Å². The number of para-hydroxylation sites is 2. The molecule has 0 fully saturated rings. The number of aromatic amines is 1. The molecule has 0 bridgehead atoms. The molecule has 0 aliphatic heterocycles. The molecule has 0 aliphatic rings. The van der Waals surface area contributed by atoms with E-state index < -0.39 is 7.60 Å². The number of benzene rings is 1. The first-order valence-electron chi connectivity index (χ1n) is 3.58. The third kappa shape index (κ3) is 1.49. The summed E-state index contributed by atoms with van der Waals surface area (Å²) in [5, 5.41) is 0. The summed E-state index contributed by atoms with van der Waals surface area (Å²) >= 11 is 0. The van der Waals surface area contributed by atoms with E-state index in [0.717, 1.165) is 0 Å². The summed E-state index contributed by atoms with van der Waals surface area (Å²) in [6.45, 7) is 0. The predicted molar refractivity (Wildman–Crippen MR) is 47.8 cm³/mol. The molecule has 2 rings (SSSR count). The maximum Gasteiger partial charge on any atom is 0.391 e. The van der Waals surface area contributed by atoms with Gasteiger partial charge in [0.05, 0.1) is 11.0 Å². The molecule has 2 aromatic rings. The number of imidazole rings is 1. The van der Waals surface area contributed by atoms with E-state index in [4.69, 9.17) is 9.79 Å². The van der Waals surface area contributed by atoms with Crippen molar-refractivity contribution in [2.45, 2.75) is 0 Å². The highest BCUT2D eigenvalue weighted by molar-refractivity contribution is 7.59. The van der Waals surface area contributed by atoms with Crippen molar-refractivity contribution < 1.29 is 14.4 Å². The summed E-state index contributed by atoms with van der Waals surface area (Å²) in [5.41, 5.74) is 0.898. The highest BCUT2D eigenvalue weighted by Crippen LogP contribution is 2.31. The maximum absolute atomic E-state index is 10.8. The number of rotatable bonds is 1. The van der Waals surface area contributed by atoms with Crippen LogP contribution < -0.4 is 5.57 Å². The van der Waals surface area contributed by atoms with E-state index in [-0.39, 0.29) is 5.57 Å². The van der Waals surface area contributed by atoms with Crippen LogP contribution in [0.5, 0.6) is 0 Å². The number of aromatic nitrogens is 2. The van der Waals surface area contributed by atoms with Crippen molar-refractivity contribution in [2.24, 2.45) is 0 Å². The fourth-order valence-corrected chi connectivity index (χ4v) is 1.58. The number of hydrogen-bond donors (Lipinski definition) is 3. The Labute approximate surface area is 73.6 Å². The van der Waals surface area contributed by atoms with E-state index in [1.165, 1.54) is 0 Å². The van der Waals surface area contributed by atoms with Gasteiger partial charge in [0.15, 0.2) is 0 Å². The minimum absolute atomic E-state index is 0.284. The van der Waals surface area contributed by atoms with Gasteiger partial charge in [-0.15, -0.1) is 0 Å². The molecule has 5 nitrogen and oxygen atoms in total. The Morgan fingerprint density at radius 2 is 2.00 bits per heavy atom. The van der Waals surface area contributed by atoms with Crippen molar-refractivity contribution in [1.29, 1.82) is 0 Å². The molecule has 13 heavy (non-hydrogen) atoms. The molecule has 0 amide bonds. The van der Waals surface area contributed by atoms with Crippen molar-refractivity contribution >= 4 is 24.2 Å². The Morgan fingerprint density at radius 1 is 1.31 bits per heavy atom. The van der Waals surface area contributed by atoms with Crippen LogP contribution >= 0.6 is 7.60 Å². The zero-order valence-electron chi connectivity index (χ0n) is 6.51. The lowest BCUT2D eigenvalue weighted by Crippen LogP contribution is -2.07. The standard InChI is InChI=1S/C7H7N2O3P/c10-13(11,12)7-8-5-3-1-2-4-6(5)9-7/h1-4H,(H,8,9)(H2,10,11,12). The molecule has 1 aromatic carbocycles. The van der Waals surface area contributed by atoms with Gasteiger partial charge in [0, 0.05) is 0 Å². The van der Waals surface area contributed by atoms with Gasteiger partial charge in [-0.25, -0.2) is 4.98 Å². The summed E-state index contributed by atoms with van der Waals surface area (Å²) in [5.74, 6) is 0. The molecule has 0 saturated carbocycles. The van der Waals surface area contributed by atoms with Gasteiger partial charge >= 0.3 is 7.60 Å². The molecule has 6 heteroatoms. The first kappa shape index (κ1) is 8.44. The number of fused-ring (bicyclic) bond motifs is 1. The van der Waals surface area contributed by atoms with Gasteiger partial charge in [0.2, 0.25) is 5.57 Å². The molecular formula is C7H7N2O3P. The van der Waals surface area contributed by atoms with Crippen LogP contribution in [-0.4, -0.2) is 19.8 Å². The normalized spacial score (nSPS) is 12.2. The molecule has 0 atom stereocenters. The van der Waals surface area contributed by atoms with Gasteiger partial charge in [0.1, 0.15) is 0 Å². The zero-order chi connectivity index (χ0) is 9.47. The topological polar surface area (TPSA) is 86.2 Å². The van der Waals surface area contributed by atoms with Crippen molar-refractivity contribution in [2.75, 3.05) is 0 Å². The third-order valence-electron chi connectivity index (χ3n) is 1.65. The first-order chi connectivity index (χ1) is 6.07. The largest absolute Gasteiger partial charge is 0.391 e. The molecule has 0 unspecified atom stereocenters. The number of nitrogens with one attached hydrogen (secondary N) is 1. The quantitative estimate of drug-likeness (QED) is 0.577.